The molecule has 4 heterocycles. The largest absolute Gasteiger partial charge is 0.445 e. The Labute approximate surface area is 147 Å². The van der Waals surface area contributed by atoms with Crippen molar-refractivity contribution in [2.45, 2.75) is 51.1 Å². The number of rotatable bonds is 4. The predicted molar refractivity (Wildman–Crippen MR) is 92.9 cm³/mol. The van der Waals surface area contributed by atoms with Crippen LogP contribution >= 0.6 is 0 Å². The topological polar surface area (TPSA) is 71.3 Å². The molecule has 4 rings (SSSR count). The van der Waals surface area contributed by atoms with Gasteiger partial charge in [-0.15, -0.1) is 0 Å². The second-order valence-corrected chi connectivity index (χ2v) is 6.85. The summed E-state index contributed by atoms with van der Waals surface area (Å²) < 4.78 is 5.92. The van der Waals surface area contributed by atoms with E-state index in [1.54, 1.807) is 6.20 Å². The number of nitrogens with zero attached hydrogens (tertiary/aromatic N) is 3. The van der Waals surface area contributed by atoms with Crippen LogP contribution in [0, 0.1) is 0 Å². The van der Waals surface area contributed by atoms with Crippen molar-refractivity contribution in [1.82, 2.24) is 20.2 Å². The van der Waals surface area contributed by atoms with Crippen LogP contribution in [0.5, 0.6) is 0 Å². The van der Waals surface area contributed by atoms with Crippen LogP contribution in [0.1, 0.15) is 42.2 Å². The number of oxazole rings is 1. The van der Waals surface area contributed by atoms with Gasteiger partial charge in [0.2, 0.25) is 5.91 Å². The maximum absolute atomic E-state index is 12.7. The molecule has 0 unspecified atom stereocenters. The molecule has 1 N–H and O–H groups in total. The van der Waals surface area contributed by atoms with Gasteiger partial charge < -0.3 is 14.6 Å². The van der Waals surface area contributed by atoms with Crippen molar-refractivity contribution in [3.05, 3.63) is 47.4 Å². The molecule has 0 aliphatic carbocycles. The maximum Gasteiger partial charge on any atom is 0.240 e. The molecule has 0 spiro atoms. The Balaban J connectivity index is 1.38. The zero-order valence-corrected chi connectivity index (χ0v) is 14.4. The van der Waals surface area contributed by atoms with Gasteiger partial charge in [0.15, 0.2) is 5.89 Å². The lowest BCUT2D eigenvalue weighted by Crippen LogP contribution is -2.49. The molecule has 0 aromatic carbocycles. The number of carbonyl (C=O) groups is 1. The van der Waals surface area contributed by atoms with Gasteiger partial charge in [0.1, 0.15) is 11.5 Å². The minimum absolute atomic E-state index is 0.0211. The van der Waals surface area contributed by atoms with Gasteiger partial charge in [0.25, 0.3) is 0 Å². The zero-order chi connectivity index (χ0) is 17.1. The lowest BCUT2D eigenvalue weighted by molar-refractivity contribution is -0.135. The first-order valence-electron chi connectivity index (χ1n) is 9.18. The monoisotopic (exact) mass is 340 g/mol. The van der Waals surface area contributed by atoms with Crippen molar-refractivity contribution < 1.29 is 9.21 Å². The second-order valence-electron chi connectivity index (χ2n) is 6.85. The number of aromatic nitrogens is 2. The van der Waals surface area contributed by atoms with Crippen LogP contribution in [0.4, 0.5) is 0 Å². The Bertz CT molecular complexity index is 722. The molecule has 2 aliphatic rings. The van der Waals surface area contributed by atoms with Crippen molar-refractivity contribution in [3.63, 3.8) is 0 Å². The number of pyridine rings is 1. The molecule has 2 aromatic heterocycles. The molecule has 1 saturated heterocycles. The fraction of sp³-hybridized carbons (Fsp3) is 0.526. The number of aryl methyl sites for hydroxylation is 2. The van der Waals surface area contributed by atoms with Crippen molar-refractivity contribution in [2.75, 3.05) is 13.1 Å². The predicted octanol–water partition coefficient (Wildman–Crippen LogP) is 1.88. The minimum atomic E-state index is -0.0211. The summed E-state index contributed by atoms with van der Waals surface area (Å²) in [5, 5.41) is 3.34. The third-order valence-electron chi connectivity index (χ3n) is 5.04. The van der Waals surface area contributed by atoms with Crippen molar-refractivity contribution in [3.8, 4) is 0 Å². The van der Waals surface area contributed by atoms with E-state index in [0.717, 1.165) is 69.0 Å². The average Bonchev–Trinajstić information content (AvgIpc) is 3.09. The first kappa shape index (κ1) is 16.3. The molecular formula is C19H24N4O2. The summed E-state index contributed by atoms with van der Waals surface area (Å²) >= 11 is 0. The molecular weight excluding hydrogens is 316 g/mol. The number of amides is 1. The standard InChI is InChI=1S/C19H24N4O2/c24-19(15-5-1-2-10-21-15)23-11-8-17-16(13-23)22-18(25-17)7-6-14-4-3-9-20-12-14/h3-4,9,12,15,21H,1-2,5-8,10-11,13H2/t15-/m0/s1. The summed E-state index contributed by atoms with van der Waals surface area (Å²) in [6.07, 6.45) is 9.27. The quantitative estimate of drug-likeness (QED) is 0.920. The molecule has 0 saturated carbocycles. The molecule has 6 heteroatoms. The Kier molecular flexibility index (Phi) is 4.78. The fourth-order valence-electron chi connectivity index (χ4n) is 3.63. The van der Waals surface area contributed by atoms with Crippen molar-refractivity contribution >= 4 is 5.91 Å². The number of fused-ring (bicyclic) bond motifs is 1. The Morgan fingerprint density at radius 2 is 2.32 bits per heavy atom. The second kappa shape index (κ2) is 7.35. The van der Waals surface area contributed by atoms with E-state index in [2.05, 4.69) is 21.4 Å². The minimum Gasteiger partial charge on any atom is -0.445 e. The SMILES string of the molecule is O=C([C@@H]1CCCCN1)N1CCc2oc(CCc3cccnc3)nc2C1. The first-order valence-corrected chi connectivity index (χ1v) is 9.18. The van der Waals surface area contributed by atoms with E-state index >= 15 is 0 Å². The van der Waals surface area contributed by atoms with E-state index < -0.39 is 0 Å². The van der Waals surface area contributed by atoms with E-state index in [1.807, 2.05) is 17.2 Å². The normalized spacial score (nSPS) is 20.3. The highest BCUT2D eigenvalue weighted by Gasteiger charge is 2.30. The third kappa shape index (κ3) is 3.74. The molecule has 25 heavy (non-hydrogen) atoms. The summed E-state index contributed by atoms with van der Waals surface area (Å²) in [7, 11) is 0. The van der Waals surface area contributed by atoms with Crippen LogP contribution < -0.4 is 5.32 Å². The molecule has 1 fully saturated rings. The van der Waals surface area contributed by atoms with Crippen LogP contribution in [0.15, 0.2) is 28.9 Å². The number of hydrogen-bond donors (Lipinski definition) is 1. The molecule has 0 radical (unpaired) electrons. The Hall–Kier alpha value is -2.21. The molecule has 2 aromatic rings. The average molecular weight is 340 g/mol. The van der Waals surface area contributed by atoms with Crippen LogP contribution in [0.2, 0.25) is 0 Å². The summed E-state index contributed by atoms with van der Waals surface area (Å²) in [6, 6.07) is 3.99. The fourth-order valence-corrected chi connectivity index (χ4v) is 3.63. The summed E-state index contributed by atoms with van der Waals surface area (Å²) in [5.41, 5.74) is 2.11. The van der Waals surface area contributed by atoms with Crippen LogP contribution in [-0.4, -0.2) is 39.9 Å². The zero-order valence-electron chi connectivity index (χ0n) is 14.4. The number of nitrogens with one attached hydrogen (secondary N) is 1. The lowest BCUT2D eigenvalue weighted by atomic mass is 10.0. The van der Waals surface area contributed by atoms with Crippen molar-refractivity contribution in [2.24, 2.45) is 0 Å². The van der Waals surface area contributed by atoms with Gasteiger partial charge in [-0.3, -0.25) is 9.78 Å². The maximum atomic E-state index is 12.7. The van der Waals surface area contributed by atoms with E-state index in [0.29, 0.717) is 6.54 Å². The number of hydrogen-bond acceptors (Lipinski definition) is 5. The van der Waals surface area contributed by atoms with E-state index in [4.69, 9.17) is 4.42 Å². The third-order valence-corrected chi connectivity index (χ3v) is 5.04. The number of piperidine rings is 1. The van der Waals surface area contributed by atoms with Gasteiger partial charge in [-0.05, 0) is 37.4 Å². The smallest absolute Gasteiger partial charge is 0.240 e. The lowest BCUT2D eigenvalue weighted by Gasteiger charge is -2.31. The Morgan fingerprint density at radius 3 is 3.12 bits per heavy atom. The van der Waals surface area contributed by atoms with Crippen LogP contribution in [-0.2, 0) is 30.6 Å². The van der Waals surface area contributed by atoms with Gasteiger partial charge in [-0.25, -0.2) is 4.98 Å². The van der Waals surface area contributed by atoms with Crippen molar-refractivity contribution in [1.29, 1.82) is 0 Å². The summed E-state index contributed by atoms with van der Waals surface area (Å²) in [5.74, 6) is 1.92. The highest BCUT2D eigenvalue weighted by Crippen LogP contribution is 2.22. The van der Waals surface area contributed by atoms with Gasteiger partial charge in [-0.1, -0.05) is 12.5 Å². The highest BCUT2D eigenvalue weighted by atomic mass is 16.4. The first-order chi connectivity index (χ1) is 12.3. The summed E-state index contributed by atoms with van der Waals surface area (Å²) in [6.45, 7) is 2.24. The van der Waals surface area contributed by atoms with E-state index in [-0.39, 0.29) is 11.9 Å². The molecule has 1 amide bonds. The van der Waals surface area contributed by atoms with Gasteiger partial charge in [-0.2, -0.15) is 0 Å². The van der Waals surface area contributed by atoms with Crippen LogP contribution in [0.3, 0.4) is 0 Å². The van der Waals surface area contributed by atoms with Gasteiger partial charge in [0, 0.05) is 31.8 Å². The number of carbonyl (C=O) groups excluding carboxylic acids is 1. The summed E-state index contributed by atoms with van der Waals surface area (Å²) in [4.78, 5) is 23.4. The molecule has 6 nitrogen and oxygen atoms in total. The van der Waals surface area contributed by atoms with Crippen LogP contribution in [0.25, 0.3) is 0 Å². The van der Waals surface area contributed by atoms with E-state index in [9.17, 15) is 4.79 Å². The molecule has 132 valence electrons. The van der Waals surface area contributed by atoms with Gasteiger partial charge in [0.05, 0.1) is 12.6 Å². The Morgan fingerprint density at radius 1 is 1.36 bits per heavy atom. The molecule has 1 atom stereocenters. The highest BCUT2D eigenvalue weighted by molar-refractivity contribution is 5.82. The van der Waals surface area contributed by atoms with E-state index in [1.165, 1.54) is 5.56 Å². The molecule has 2 aliphatic heterocycles. The van der Waals surface area contributed by atoms with Gasteiger partial charge >= 0.3 is 0 Å². The molecule has 0 bridgehead atoms.